The van der Waals surface area contributed by atoms with E-state index in [0.717, 1.165) is 24.0 Å². The summed E-state index contributed by atoms with van der Waals surface area (Å²) < 4.78 is 25.6. The third-order valence-corrected chi connectivity index (χ3v) is 7.19. The van der Waals surface area contributed by atoms with E-state index in [4.69, 9.17) is 0 Å². The topological polar surface area (TPSA) is 92.0 Å². The molecule has 1 aliphatic rings. The molecule has 2 aromatic heterocycles. The summed E-state index contributed by atoms with van der Waals surface area (Å²) in [5, 5.41) is 11.6. The molecule has 1 N–H and O–H groups in total. The zero-order chi connectivity index (χ0) is 18.8. The summed E-state index contributed by atoms with van der Waals surface area (Å²) in [7, 11) is -3.07. The van der Waals surface area contributed by atoms with Crippen molar-refractivity contribution in [2.45, 2.75) is 31.9 Å². The van der Waals surface area contributed by atoms with Crippen LogP contribution in [0, 0.1) is 0 Å². The number of nitrogens with one attached hydrogen (secondary N) is 1. The molecule has 0 aromatic carbocycles. The molecule has 0 unspecified atom stereocenters. The number of sulfone groups is 1. The fourth-order valence-electron chi connectivity index (χ4n) is 3.07. The van der Waals surface area contributed by atoms with E-state index >= 15 is 0 Å². The van der Waals surface area contributed by atoms with Crippen LogP contribution in [0.1, 0.15) is 26.6 Å². The Bertz CT molecular complexity index is 909. The highest BCUT2D eigenvalue weighted by atomic mass is 127. The monoisotopic (exact) mass is 506 g/mol. The maximum Gasteiger partial charge on any atom is 0.194 e. The van der Waals surface area contributed by atoms with Crippen LogP contribution in [0.5, 0.6) is 0 Å². The van der Waals surface area contributed by atoms with Crippen LogP contribution in [0.3, 0.4) is 0 Å². The van der Waals surface area contributed by atoms with Crippen molar-refractivity contribution < 1.29 is 8.42 Å². The van der Waals surface area contributed by atoms with Crippen molar-refractivity contribution in [2.75, 3.05) is 31.9 Å². The number of aromatic nitrogens is 3. The highest BCUT2D eigenvalue weighted by molar-refractivity contribution is 14.0. The Labute approximate surface area is 177 Å². The van der Waals surface area contributed by atoms with Gasteiger partial charge >= 0.3 is 0 Å². The minimum Gasteiger partial charge on any atom is -0.357 e. The van der Waals surface area contributed by atoms with Crippen LogP contribution in [0.2, 0.25) is 0 Å². The lowest BCUT2D eigenvalue weighted by Gasteiger charge is -2.39. The molecule has 27 heavy (non-hydrogen) atoms. The third-order valence-electron chi connectivity index (χ3n) is 4.66. The van der Waals surface area contributed by atoms with Crippen molar-refractivity contribution in [1.82, 2.24) is 24.8 Å². The van der Waals surface area contributed by atoms with Crippen molar-refractivity contribution in [3.05, 3.63) is 30.2 Å². The lowest BCUT2D eigenvalue weighted by molar-refractivity contribution is 0.353. The molecule has 0 spiro atoms. The van der Waals surface area contributed by atoms with E-state index in [2.05, 4.69) is 20.5 Å². The number of halogens is 1. The molecule has 1 saturated heterocycles. The molecule has 2 aromatic rings. The number of hydrogen-bond donors (Lipinski definition) is 1. The Morgan fingerprint density at radius 1 is 1.33 bits per heavy atom. The van der Waals surface area contributed by atoms with E-state index < -0.39 is 14.6 Å². The second-order valence-electron chi connectivity index (χ2n) is 7.03. The highest BCUT2D eigenvalue weighted by Gasteiger charge is 2.40. The van der Waals surface area contributed by atoms with Gasteiger partial charge in [-0.3, -0.25) is 9.39 Å². The lowest BCUT2D eigenvalue weighted by atomic mass is 10.2. The third kappa shape index (κ3) is 4.71. The standard InChI is InChI=1S/C17H26N6O2S.HI/c1-4-18-16(22-11-12-26(24,25)17(2,3)13-22)19-9-8-15-21-20-14-7-5-6-10-23(14)15;/h5-7,10H,4,8-9,11-13H2,1-3H3,(H,18,19);1H. The van der Waals surface area contributed by atoms with E-state index in [0.29, 0.717) is 26.1 Å². The lowest BCUT2D eigenvalue weighted by Crippen LogP contribution is -2.57. The van der Waals surface area contributed by atoms with Gasteiger partial charge in [0.2, 0.25) is 0 Å². The Balaban J connectivity index is 0.00000261. The first-order valence-corrected chi connectivity index (χ1v) is 10.5. The number of rotatable bonds is 4. The average Bonchev–Trinajstić information content (AvgIpc) is 3.00. The van der Waals surface area contributed by atoms with Gasteiger partial charge in [-0.05, 0) is 32.9 Å². The summed E-state index contributed by atoms with van der Waals surface area (Å²) >= 11 is 0. The van der Waals surface area contributed by atoms with Gasteiger partial charge in [0.25, 0.3) is 0 Å². The predicted molar refractivity (Wildman–Crippen MR) is 118 cm³/mol. The SMILES string of the molecule is CCNC(=NCCc1nnc2ccccn12)N1CCS(=O)(=O)C(C)(C)C1.I. The Kier molecular flexibility index (Phi) is 7.06. The number of aliphatic imine (C=N–C) groups is 1. The molecule has 8 nitrogen and oxygen atoms in total. The fraction of sp³-hybridized carbons (Fsp3) is 0.588. The number of pyridine rings is 1. The molecule has 3 rings (SSSR count). The Hall–Kier alpha value is -1.43. The van der Waals surface area contributed by atoms with E-state index in [1.165, 1.54) is 0 Å². The van der Waals surface area contributed by atoms with Crippen LogP contribution < -0.4 is 5.32 Å². The summed E-state index contributed by atoms with van der Waals surface area (Å²) in [6.45, 7) is 7.76. The molecule has 0 saturated carbocycles. The van der Waals surface area contributed by atoms with Gasteiger partial charge in [-0.25, -0.2) is 8.42 Å². The molecule has 1 aliphatic heterocycles. The van der Waals surface area contributed by atoms with Crippen molar-refractivity contribution in [3.8, 4) is 0 Å². The van der Waals surface area contributed by atoms with Gasteiger partial charge in [0, 0.05) is 38.8 Å². The minimum atomic E-state index is -3.07. The first-order valence-electron chi connectivity index (χ1n) is 8.88. The summed E-state index contributed by atoms with van der Waals surface area (Å²) in [4.78, 5) is 6.72. The molecule has 0 radical (unpaired) electrons. The summed E-state index contributed by atoms with van der Waals surface area (Å²) in [5.41, 5.74) is 0.821. The Morgan fingerprint density at radius 2 is 2.11 bits per heavy atom. The zero-order valence-electron chi connectivity index (χ0n) is 15.9. The van der Waals surface area contributed by atoms with Crippen LogP contribution in [0.15, 0.2) is 29.4 Å². The molecule has 0 bridgehead atoms. The minimum absolute atomic E-state index is 0. The largest absolute Gasteiger partial charge is 0.357 e. The quantitative estimate of drug-likeness (QED) is 0.383. The molecule has 0 amide bonds. The second-order valence-corrected chi connectivity index (χ2v) is 9.77. The van der Waals surface area contributed by atoms with E-state index in [9.17, 15) is 8.42 Å². The average molecular weight is 506 g/mol. The molecule has 1 fully saturated rings. The van der Waals surface area contributed by atoms with Crippen molar-refractivity contribution in [1.29, 1.82) is 0 Å². The van der Waals surface area contributed by atoms with Crippen LogP contribution in [-0.4, -0.2) is 70.6 Å². The maximum absolute atomic E-state index is 12.2. The summed E-state index contributed by atoms with van der Waals surface area (Å²) in [6.07, 6.45) is 2.60. The van der Waals surface area contributed by atoms with Crippen molar-refractivity contribution >= 4 is 45.4 Å². The number of hydrogen-bond acceptors (Lipinski definition) is 5. The van der Waals surface area contributed by atoms with Gasteiger partial charge < -0.3 is 10.2 Å². The molecular formula is C17H27IN6O2S. The molecule has 0 aliphatic carbocycles. The van der Waals surface area contributed by atoms with Gasteiger partial charge in [-0.1, -0.05) is 6.07 Å². The van der Waals surface area contributed by atoms with Gasteiger partial charge in [0.15, 0.2) is 21.4 Å². The number of guanidine groups is 1. The summed E-state index contributed by atoms with van der Waals surface area (Å²) in [5.74, 6) is 1.77. The van der Waals surface area contributed by atoms with E-state index in [1.807, 2.05) is 40.6 Å². The van der Waals surface area contributed by atoms with Gasteiger partial charge in [-0.2, -0.15) is 0 Å². The first kappa shape index (κ1) is 21.9. The van der Waals surface area contributed by atoms with Crippen LogP contribution in [-0.2, 0) is 16.3 Å². The van der Waals surface area contributed by atoms with Crippen LogP contribution in [0.4, 0.5) is 0 Å². The van der Waals surface area contributed by atoms with E-state index in [-0.39, 0.29) is 29.7 Å². The maximum atomic E-state index is 12.2. The number of fused-ring (bicyclic) bond motifs is 1. The molecule has 0 atom stereocenters. The van der Waals surface area contributed by atoms with Crippen LogP contribution >= 0.6 is 24.0 Å². The summed E-state index contributed by atoms with van der Waals surface area (Å²) in [6, 6.07) is 5.80. The first-order chi connectivity index (χ1) is 12.3. The van der Waals surface area contributed by atoms with E-state index in [1.54, 1.807) is 13.8 Å². The molecular weight excluding hydrogens is 479 g/mol. The smallest absolute Gasteiger partial charge is 0.194 e. The van der Waals surface area contributed by atoms with Crippen LogP contribution in [0.25, 0.3) is 5.65 Å². The Morgan fingerprint density at radius 3 is 2.81 bits per heavy atom. The molecule has 3 heterocycles. The normalized spacial score (nSPS) is 18.9. The van der Waals surface area contributed by atoms with Gasteiger partial charge in [0.05, 0.1) is 10.5 Å². The molecule has 10 heteroatoms. The zero-order valence-corrected chi connectivity index (χ0v) is 19.1. The second kappa shape index (κ2) is 8.72. The highest BCUT2D eigenvalue weighted by Crippen LogP contribution is 2.23. The molecule has 150 valence electrons. The van der Waals surface area contributed by atoms with Crippen molar-refractivity contribution in [3.63, 3.8) is 0 Å². The van der Waals surface area contributed by atoms with Gasteiger partial charge in [-0.15, -0.1) is 34.2 Å². The van der Waals surface area contributed by atoms with Gasteiger partial charge in [0.1, 0.15) is 5.82 Å². The predicted octanol–water partition coefficient (Wildman–Crippen LogP) is 1.36. The fourth-order valence-corrected chi connectivity index (χ4v) is 4.44. The van der Waals surface area contributed by atoms with Crippen molar-refractivity contribution in [2.24, 2.45) is 4.99 Å². The number of nitrogens with zero attached hydrogens (tertiary/aromatic N) is 5.